The van der Waals surface area contributed by atoms with Crippen molar-refractivity contribution in [1.29, 1.82) is 0 Å². The molecule has 0 aliphatic carbocycles. The highest BCUT2D eigenvalue weighted by Crippen LogP contribution is 2.36. The van der Waals surface area contributed by atoms with Gasteiger partial charge in [0.1, 0.15) is 16.9 Å². The van der Waals surface area contributed by atoms with Gasteiger partial charge in [0.2, 0.25) is 0 Å². The Kier molecular flexibility index (Phi) is 5.86. The van der Waals surface area contributed by atoms with Gasteiger partial charge in [0, 0.05) is 36.1 Å². The lowest BCUT2D eigenvalue weighted by atomic mass is 9.98. The molecule has 2 fully saturated rings. The van der Waals surface area contributed by atoms with Crippen molar-refractivity contribution in [3.63, 3.8) is 0 Å². The molecular formula is C24H34N4O3. The third kappa shape index (κ3) is 4.65. The number of aliphatic imine (C=N–C) groups is 1. The zero-order valence-electron chi connectivity index (χ0n) is 19.2. The maximum atomic E-state index is 12.7. The number of hydrogen-bond donors (Lipinski definition) is 2. The van der Waals surface area contributed by atoms with E-state index in [2.05, 4.69) is 28.6 Å². The summed E-state index contributed by atoms with van der Waals surface area (Å²) in [7, 11) is 1.78. The SMILES string of the molecule is CN=C(NCc1oc2ccccc2c1C)NC1CC2CCC(C1)N2C(=O)OC(C)(C)C. The Hall–Kier alpha value is -2.70. The van der Waals surface area contributed by atoms with Crippen LogP contribution in [0.4, 0.5) is 4.79 Å². The van der Waals surface area contributed by atoms with Crippen molar-refractivity contribution in [1.82, 2.24) is 15.5 Å². The van der Waals surface area contributed by atoms with Gasteiger partial charge in [0.25, 0.3) is 0 Å². The number of carbonyl (C=O) groups excluding carboxylic acids is 1. The van der Waals surface area contributed by atoms with Gasteiger partial charge < -0.3 is 24.7 Å². The summed E-state index contributed by atoms with van der Waals surface area (Å²) in [5, 5.41) is 8.09. The number of ether oxygens (including phenoxy) is 1. The van der Waals surface area contributed by atoms with Crippen molar-refractivity contribution >= 4 is 23.0 Å². The molecule has 168 valence electrons. The minimum Gasteiger partial charge on any atom is -0.459 e. The van der Waals surface area contributed by atoms with Crippen LogP contribution < -0.4 is 10.6 Å². The second-order valence-electron chi connectivity index (χ2n) is 9.66. The van der Waals surface area contributed by atoms with E-state index in [1.807, 2.05) is 43.9 Å². The Bertz CT molecular complexity index is 961. The van der Waals surface area contributed by atoms with Gasteiger partial charge >= 0.3 is 6.09 Å². The van der Waals surface area contributed by atoms with Gasteiger partial charge in [-0.2, -0.15) is 0 Å². The van der Waals surface area contributed by atoms with Gasteiger partial charge in [-0.15, -0.1) is 0 Å². The van der Waals surface area contributed by atoms with Crippen LogP contribution in [0.3, 0.4) is 0 Å². The molecule has 1 aromatic heterocycles. The monoisotopic (exact) mass is 426 g/mol. The van der Waals surface area contributed by atoms with Gasteiger partial charge in [0.15, 0.2) is 5.96 Å². The third-order valence-corrected chi connectivity index (χ3v) is 6.26. The van der Waals surface area contributed by atoms with Gasteiger partial charge in [0.05, 0.1) is 6.54 Å². The van der Waals surface area contributed by atoms with E-state index in [1.165, 1.54) is 0 Å². The molecule has 3 heterocycles. The van der Waals surface area contributed by atoms with Crippen molar-refractivity contribution in [2.75, 3.05) is 7.05 Å². The minimum atomic E-state index is -0.466. The van der Waals surface area contributed by atoms with Crippen LogP contribution in [-0.4, -0.2) is 47.7 Å². The number of hydrogen-bond acceptors (Lipinski definition) is 4. The molecule has 2 bridgehead atoms. The standard InChI is InChI=1S/C24H34N4O3/c1-15-19-8-6-7-9-20(19)30-21(15)14-26-22(25-5)27-16-12-17-10-11-18(13-16)28(17)23(29)31-24(2,3)4/h6-9,16-18H,10-14H2,1-5H3,(H2,25,26,27). The summed E-state index contributed by atoms with van der Waals surface area (Å²) < 4.78 is 11.6. The van der Waals surface area contributed by atoms with Crippen molar-refractivity contribution in [3.05, 3.63) is 35.6 Å². The number of piperidine rings is 1. The van der Waals surface area contributed by atoms with Crippen LogP contribution >= 0.6 is 0 Å². The third-order valence-electron chi connectivity index (χ3n) is 6.26. The maximum absolute atomic E-state index is 12.7. The molecule has 2 N–H and O–H groups in total. The number of guanidine groups is 1. The molecule has 2 unspecified atom stereocenters. The molecular weight excluding hydrogens is 392 g/mol. The Morgan fingerprint density at radius 3 is 2.52 bits per heavy atom. The number of nitrogens with zero attached hydrogens (tertiary/aromatic N) is 2. The fourth-order valence-corrected chi connectivity index (χ4v) is 4.85. The summed E-state index contributed by atoms with van der Waals surface area (Å²) in [6.45, 7) is 8.41. The Balaban J connectivity index is 1.35. The smallest absolute Gasteiger partial charge is 0.410 e. The lowest BCUT2D eigenvalue weighted by Crippen LogP contribution is -2.54. The number of aryl methyl sites for hydroxylation is 1. The quantitative estimate of drug-likeness (QED) is 0.564. The van der Waals surface area contributed by atoms with E-state index in [4.69, 9.17) is 9.15 Å². The number of nitrogens with one attached hydrogen (secondary N) is 2. The molecule has 2 aliphatic heterocycles. The van der Waals surface area contributed by atoms with E-state index in [0.29, 0.717) is 6.54 Å². The number of rotatable bonds is 3. The minimum absolute atomic E-state index is 0.179. The molecule has 2 saturated heterocycles. The first-order valence-electron chi connectivity index (χ1n) is 11.2. The first kappa shape index (κ1) is 21.5. The van der Waals surface area contributed by atoms with Crippen molar-refractivity contribution in [2.24, 2.45) is 4.99 Å². The number of amides is 1. The first-order valence-corrected chi connectivity index (χ1v) is 11.2. The molecule has 2 atom stereocenters. The summed E-state index contributed by atoms with van der Waals surface area (Å²) in [6, 6.07) is 8.82. The molecule has 4 rings (SSSR count). The van der Waals surface area contributed by atoms with Crippen LogP contribution in [0.1, 0.15) is 57.8 Å². The molecule has 7 nitrogen and oxygen atoms in total. The number of furan rings is 1. The van der Waals surface area contributed by atoms with Gasteiger partial charge in [-0.1, -0.05) is 18.2 Å². The molecule has 2 aliphatic rings. The van der Waals surface area contributed by atoms with E-state index in [0.717, 1.165) is 53.9 Å². The fraction of sp³-hybridized carbons (Fsp3) is 0.583. The molecule has 7 heteroatoms. The second kappa shape index (κ2) is 8.44. The van der Waals surface area contributed by atoms with Crippen LogP contribution in [-0.2, 0) is 11.3 Å². The van der Waals surface area contributed by atoms with Crippen molar-refractivity contribution in [2.45, 2.75) is 83.6 Å². The zero-order valence-corrected chi connectivity index (χ0v) is 19.2. The summed E-state index contributed by atoms with van der Waals surface area (Å²) >= 11 is 0. The van der Waals surface area contributed by atoms with Crippen LogP contribution in [0.15, 0.2) is 33.7 Å². The zero-order chi connectivity index (χ0) is 22.2. The number of para-hydroxylation sites is 1. The average molecular weight is 427 g/mol. The van der Waals surface area contributed by atoms with Gasteiger partial charge in [-0.05, 0) is 59.4 Å². The molecule has 1 aromatic carbocycles. The van der Waals surface area contributed by atoms with Crippen LogP contribution in [0, 0.1) is 6.92 Å². The van der Waals surface area contributed by atoms with Crippen molar-refractivity contribution < 1.29 is 13.9 Å². The van der Waals surface area contributed by atoms with E-state index >= 15 is 0 Å². The lowest BCUT2D eigenvalue weighted by molar-refractivity contribution is 0.00544. The van der Waals surface area contributed by atoms with E-state index in [1.54, 1.807) is 7.05 Å². The molecule has 0 saturated carbocycles. The van der Waals surface area contributed by atoms with E-state index in [-0.39, 0.29) is 24.2 Å². The van der Waals surface area contributed by atoms with Crippen LogP contribution in [0.2, 0.25) is 0 Å². The number of fused-ring (bicyclic) bond motifs is 3. The summed E-state index contributed by atoms with van der Waals surface area (Å²) in [5.41, 5.74) is 1.60. The predicted octanol–water partition coefficient (Wildman–Crippen LogP) is 4.34. The number of benzene rings is 1. The Morgan fingerprint density at radius 2 is 1.90 bits per heavy atom. The maximum Gasteiger partial charge on any atom is 0.410 e. The topological polar surface area (TPSA) is 79.1 Å². The largest absolute Gasteiger partial charge is 0.459 e. The predicted molar refractivity (Wildman–Crippen MR) is 122 cm³/mol. The van der Waals surface area contributed by atoms with Gasteiger partial charge in [-0.25, -0.2) is 4.79 Å². The highest BCUT2D eigenvalue weighted by atomic mass is 16.6. The normalized spacial score (nSPS) is 23.8. The summed E-state index contributed by atoms with van der Waals surface area (Å²) in [5.74, 6) is 1.68. The molecule has 0 radical (unpaired) electrons. The molecule has 0 spiro atoms. The van der Waals surface area contributed by atoms with E-state index in [9.17, 15) is 4.79 Å². The fourth-order valence-electron chi connectivity index (χ4n) is 4.85. The van der Waals surface area contributed by atoms with Gasteiger partial charge in [-0.3, -0.25) is 4.99 Å². The summed E-state index contributed by atoms with van der Waals surface area (Å²) in [6.07, 6.45) is 3.69. The summed E-state index contributed by atoms with van der Waals surface area (Å²) in [4.78, 5) is 19.0. The second-order valence-corrected chi connectivity index (χ2v) is 9.66. The lowest BCUT2D eigenvalue weighted by Gasteiger charge is -2.40. The molecule has 2 aromatic rings. The Morgan fingerprint density at radius 1 is 1.23 bits per heavy atom. The van der Waals surface area contributed by atoms with E-state index < -0.39 is 5.60 Å². The number of carbonyl (C=O) groups is 1. The molecule has 1 amide bonds. The van der Waals surface area contributed by atoms with Crippen LogP contribution in [0.25, 0.3) is 11.0 Å². The highest BCUT2D eigenvalue weighted by Gasteiger charge is 2.45. The first-order chi connectivity index (χ1) is 14.7. The van der Waals surface area contributed by atoms with Crippen molar-refractivity contribution in [3.8, 4) is 0 Å². The van der Waals surface area contributed by atoms with Crippen LogP contribution in [0.5, 0.6) is 0 Å². The average Bonchev–Trinajstić information content (AvgIpc) is 3.18. The highest BCUT2D eigenvalue weighted by molar-refractivity contribution is 5.83. The Labute approximate surface area is 184 Å². The molecule has 31 heavy (non-hydrogen) atoms.